The summed E-state index contributed by atoms with van der Waals surface area (Å²) in [4.78, 5) is 2.33. The van der Waals surface area contributed by atoms with E-state index in [0.717, 1.165) is 48.4 Å². The molecular formula is C25H28N2O3. The average molecular weight is 405 g/mol. The Morgan fingerprint density at radius 3 is 2.53 bits per heavy atom. The first kappa shape index (κ1) is 20.2. The third-order valence-electron chi connectivity index (χ3n) is 6.32. The first-order valence-electron chi connectivity index (χ1n) is 10.5. The van der Waals surface area contributed by atoms with Gasteiger partial charge >= 0.3 is 0 Å². The number of methoxy groups -OCH3 is 3. The molecule has 0 saturated carbocycles. The molecule has 0 aliphatic carbocycles. The number of nitriles is 1. The minimum atomic E-state index is 0.118. The zero-order chi connectivity index (χ0) is 21.1. The molecule has 156 valence electrons. The van der Waals surface area contributed by atoms with Gasteiger partial charge in [-0.3, -0.25) is 0 Å². The summed E-state index contributed by atoms with van der Waals surface area (Å²) in [7, 11) is 4.96. The van der Waals surface area contributed by atoms with Crippen molar-refractivity contribution in [3.63, 3.8) is 0 Å². The van der Waals surface area contributed by atoms with Crippen molar-refractivity contribution < 1.29 is 14.2 Å². The van der Waals surface area contributed by atoms with Crippen LogP contribution in [0.3, 0.4) is 0 Å². The predicted molar refractivity (Wildman–Crippen MR) is 117 cm³/mol. The van der Waals surface area contributed by atoms with Crippen LogP contribution in [0.25, 0.3) is 5.57 Å². The standard InChI is InChI=1S/C25H28N2O3/c1-28-20-9-6-7-17(13-20)21-15-19-8-4-5-12-27(19)22(16-26)25(21)18-10-11-23(29-2)24(14-18)30-3/h6-7,9-11,13-14,19,21H,4-5,8,12,15H2,1-3H3/t19-,21+/m1/s1. The maximum atomic E-state index is 10.2. The Labute approximate surface area is 178 Å². The molecule has 0 aromatic heterocycles. The molecule has 2 aliphatic heterocycles. The molecular weight excluding hydrogens is 376 g/mol. The molecule has 0 unspecified atom stereocenters. The van der Waals surface area contributed by atoms with E-state index in [9.17, 15) is 5.26 Å². The minimum Gasteiger partial charge on any atom is -0.497 e. The van der Waals surface area contributed by atoms with Crippen molar-refractivity contribution in [2.24, 2.45) is 0 Å². The number of piperidine rings is 1. The number of hydrogen-bond donors (Lipinski definition) is 0. The van der Waals surface area contributed by atoms with Gasteiger partial charge in [0.05, 0.1) is 21.3 Å². The molecule has 5 nitrogen and oxygen atoms in total. The van der Waals surface area contributed by atoms with E-state index in [0.29, 0.717) is 17.5 Å². The number of nitrogens with zero attached hydrogens (tertiary/aromatic N) is 2. The molecule has 30 heavy (non-hydrogen) atoms. The van der Waals surface area contributed by atoms with Crippen LogP contribution < -0.4 is 14.2 Å². The normalized spacial score (nSPS) is 20.9. The molecule has 1 fully saturated rings. The Balaban J connectivity index is 1.90. The van der Waals surface area contributed by atoms with Crippen LogP contribution in [0, 0.1) is 11.3 Å². The molecule has 2 aromatic carbocycles. The maximum Gasteiger partial charge on any atom is 0.161 e. The van der Waals surface area contributed by atoms with Crippen molar-refractivity contribution in [2.75, 3.05) is 27.9 Å². The molecule has 0 bridgehead atoms. The van der Waals surface area contributed by atoms with Crippen molar-refractivity contribution in [1.82, 2.24) is 4.90 Å². The van der Waals surface area contributed by atoms with Gasteiger partial charge in [-0.15, -0.1) is 0 Å². The van der Waals surface area contributed by atoms with E-state index in [-0.39, 0.29) is 5.92 Å². The summed E-state index contributed by atoms with van der Waals surface area (Å²) in [5.41, 5.74) is 4.02. The van der Waals surface area contributed by atoms with Gasteiger partial charge in [-0.1, -0.05) is 18.2 Å². The fraction of sp³-hybridized carbons (Fsp3) is 0.400. The van der Waals surface area contributed by atoms with Crippen LogP contribution in [-0.4, -0.2) is 38.8 Å². The molecule has 2 aromatic rings. The third kappa shape index (κ3) is 3.59. The Morgan fingerprint density at radius 1 is 0.967 bits per heavy atom. The zero-order valence-electron chi connectivity index (χ0n) is 17.9. The molecule has 2 aliphatic rings. The second-order valence-electron chi connectivity index (χ2n) is 7.85. The number of benzene rings is 2. The van der Waals surface area contributed by atoms with Crippen LogP contribution in [0.1, 0.15) is 42.7 Å². The monoisotopic (exact) mass is 404 g/mol. The highest BCUT2D eigenvalue weighted by atomic mass is 16.5. The van der Waals surface area contributed by atoms with E-state index in [1.54, 1.807) is 21.3 Å². The fourth-order valence-corrected chi connectivity index (χ4v) is 4.88. The summed E-state index contributed by atoms with van der Waals surface area (Å²) in [6.07, 6.45) is 4.47. The van der Waals surface area contributed by atoms with E-state index < -0.39 is 0 Å². The van der Waals surface area contributed by atoms with Crippen molar-refractivity contribution in [2.45, 2.75) is 37.6 Å². The highest BCUT2D eigenvalue weighted by Crippen LogP contribution is 2.47. The lowest BCUT2D eigenvalue weighted by Gasteiger charge is -2.44. The van der Waals surface area contributed by atoms with E-state index in [1.165, 1.54) is 12.0 Å². The van der Waals surface area contributed by atoms with Crippen molar-refractivity contribution in [3.8, 4) is 23.3 Å². The Hall–Kier alpha value is -3.13. The van der Waals surface area contributed by atoms with Gasteiger partial charge in [0.1, 0.15) is 17.5 Å². The van der Waals surface area contributed by atoms with Crippen LogP contribution in [0.5, 0.6) is 17.2 Å². The van der Waals surface area contributed by atoms with E-state index in [4.69, 9.17) is 14.2 Å². The van der Waals surface area contributed by atoms with Crippen LogP contribution >= 0.6 is 0 Å². The Morgan fingerprint density at radius 2 is 1.80 bits per heavy atom. The SMILES string of the molecule is COc1cccc([C@@H]2C[C@H]3CCCCN3C(C#N)=C2c2ccc(OC)c(OC)c2)c1. The Kier molecular flexibility index (Phi) is 5.85. The minimum absolute atomic E-state index is 0.118. The van der Waals surface area contributed by atoms with Gasteiger partial charge in [0, 0.05) is 24.1 Å². The van der Waals surface area contributed by atoms with Crippen LogP contribution in [-0.2, 0) is 0 Å². The van der Waals surface area contributed by atoms with Crippen LogP contribution in [0.15, 0.2) is 48.2 Å². The number of ether oxygens (including phenoxy) is 3. The summed E-state index contributed by atoms with van der Waals surface area (Å²) in [5, 5.41) is 10.2. The Bertz CT molecular complexity index is 992. The molecule has 2 atom stereocenters. The summed E-state index contributed by atoms with van der Waals surface area (Å²) < 4.78 is 16.5. The van der Waals surface area contributed by atoms with Gasteiger partial charge < -0.3 is 19.1 Å². The van der Waals surface area contributed by atoms with E-state index >= 15 is 0 Å². The predicted octanol–water partition coefficient (Wildman–Crippen LogP) is 4.99. The van der Waals surface area contributed by atoms with E-state index in [1.807, 2.05) is 30.3 Å². The summed E-state index contributed by atoms with van der Waals surface area (Å²) in [6.45, 7) is 0.940. The van der Waals surface area contributed by atoms with Crippen LogP contribution in [0.2, 0.25) is 0 Å². The quantitative estimate of drug-likeness (QED) is 0.703. The molecule has 5 heteroatoms. The molecule has 4 rings (SSSR count). The first-order valence-corrected chi connectivity index (χ1v) is 10.5. The molecule has 0 spiro atoms. The van der Waals surface area contributed by atoms with Crippen molar-refractivity contribution in [1.29, 1.82) is 5.26 Å². The lowest BCUT2D eigenvalue weighted by molar-refractivity contribution is 0.177. The highest BCUT2D eigenvalue weighted by Gasteiger charge is 2.37. The second kappa shape index (κ2) is 8.71. The van der Waals surface area contributed by atoms with Gasteiger partial charge in [-0.05, 0) is 61.1 Å². The van der Waals surface area contributed by atoms with Gasteiger partial charge in [-0.25, -0.2) is 0 Å². The topological polar surface area (TPSA) is 54.7 Å². The number of fused-ring (bicyclic) bond motifs is 1. The number of allylic oxidation sites excluding steroid dienone is 2. The lowest BCUT2D eigenvalue weighted by atomic mass is 9.76. The van der Waals surface area contributed by atoms with Gasteiger partial charge in [0.15, 0.2) is 11.5 Å². The summed E-state index contributed by atoms with van der Waals surface area (Å²) in [6, 6.07) is 17.1. The van der Waals surface area contributed by atoms with E-state index in [2.05, 4.69) is 23.1 Å². The lowest BCUT2D eigenvalue weighted by Crippen LogP contribution is -2.43. The van der Waals surface area contributed by atoms with Gasteiger partial charge in [-0.2, -0.15) is 5.26 Å². The maximum absolute atomic E-state index is 10.2. The largest absolute Gasteiger partial charge is 0.497 e. The van der Waals surface area contributed by atoms with Crippen molar-refractivity contribution >= 4 is 5.57 Å². The van der Waals surface area contributed by atoms with Gasteiger partial charge in [0.25, 0.3) is 0 Å². The van der Waals surface area contributed by atoms with Gasteiger partial charge in [0.2, 0.25) is 0 Å². The molecule has 0 amide bonds. The molecule has 0 N–H and O–H groups in total. The molecule has 1 saturated heterocycles. The average Bonchev–Trinajstić information content (AvgIpc) is 2.82. The first-order chi connectivity index (χ1) is 14.7. The number of rotatable bonds is 5. The van der Waals surface area contributed by atoms with Crippen LogP contribution in [0.4, 0.5) is 0 Å². The molecule has 2 heterocycles. The zero-order valence-corrected chi connectivity index (χ0v) is 17.9. The summed E-state index contributed by atoms with van der Waals surface area (Å²) >= 11 is 0. The third-order valence-corrected chi connectivity index (χ3v) is 6.32. The fourth-order valence-electron chi connectivity index (χ4n) is 4.88. The molecule has 0 radical (unpaired) electrons. The number of hydrogen-bond acceptors (Lipinski definition) is 5. The summed E-state index contributed by atoms with van der Waals surface area (Å²) in [5.74, 6) is 2.31. The second-order valence-corrected chi connectivity index (χ2v) is 7.85. The highest BCUT2D eigenvalue weighted by molar-refractivity contribution is 5.79. The smallest absolute Gasteiger partial charge is 0.161 e. The van der Waals surface area contributed by atoms with Crippen molar-refractivity contribution in [3.05, 3.63) is 59.3 Å².